The third-order valence-electron chi connectivity index (χ3n) is 3.18. The number of aryl methyl sites for hydroxylation is 1. The van der Waals surface area contributed by atoms with Crippen LogP contribution in [0.3, 0.4) is 0 Å². The predicted molar refractivity (Wildman–Crippen MR) is 77.0 cm³/mol. The topological polar surface area (TPSA) is 78.4 Å². The van der Waals surface area contributed by atoms with E-state index >= 15 is 0 Å². The van der Waals surface area contributed by atoms with E-state index in [0.717, 1.165) is 5.56 Å². The van der Waals surface area contributed by atoms with Crippen LogP contribution in [0.25, 0.3) is 0 Å². The number of carboxylic acids is 1. The lowest BCUT2D eigenvalue weighted by Crippen LogP contribution is -2.36. The number of amides is 2. The number of anilines is 1. The molecule has 0 saturated carbocycles. The number of hydrogen-bond donors (Lipinski definition) is 3. The van der Waals surface area contributed by atoms with E-state index in [1.807, 2.05) is 13.0 Å². The Hall–Kier alpha value is -2.01. The molecule has 0 aliphatic heterocycles. The summed E-state index contributed by atoms with van der Waals surface area (Å²) in [5.74, 6) is -1.42. The molecule has 106 valence electrons. The van der Waals surface area contributed by atoms with Crippen LogP contribution in [0, 0.1) is 12.8 Å². The molecule has 1 aromatic rings. The number of carbonyl (C=O) groups is 2. The number of carbonyl (C=O) groups excluding carboxylic acids is 1. The monoisotopic (exact) mass is 294 g/mol. The first-order valence-electron chi connectivity index (χ1n) is 6.21. The van der Waals surface area contributed by atoms with Crippen LogP contribution in [-0.4, -0.2) is 23.1 Å². The van der Waals surface area contributed by atoms with Crippen LogP contribution in [0.5, 0.6) is 0 Å². The molecular weight excluding hydrogens is 280 g/mol. The van der Waals surface area contributed by atoms with Gasteiger partial charge in [-0.2, -0.15) is 0 Å². The lowest BCUT2D eigenvalue weighted by molar-refractivity contribution is -0.140. The van der Waals surface area contributed by atoms with Gasteiger partial charge in [-0.3, -0.25) is 4.79 Å². The molecule has 5 nitrogen and oxygen atoms in total. The van der Waals surface area contributed by atoms with Gasteiger partial charge < -0.3 is 15.7 Å². The molecule has 1 aliphatic carbocycles. The fourth-order valence-electron chi connectivity index (χ4n) is 2.10. The number of aliphatic carboxylic acids is 1. The summed E-state index contributed by atoms with van der Waals surface area (Å²) in [6.07, 6.45) is 3.65. The van der Waals surface area contributed by atoms with Crippen molar-refractivity contribution < 1.29 is 14.7 Å². The van der Waals surface area contributed by atoms with E-state index in [9.17, 15) is 9.59 Å². The molecule has 2 atom stereocenters. The van der Waals surface area contributed by atoms with E-state index in [0.29, 0.717) is 17.1 Å². The van der Waals surface area contributed by atoms with Crippen molar-refractivity contribution in [2.24, 2.45) is 5.92 Å². The van der Waals surface area contributed by atoms with Crippen LogP contribution < -0.4 is 10.6 Å². The summed E-state index contributed by atoms with van der Waals surface area (Å²) < 4.78 is 0. The zero-order valence-corrected chi connectivity index (χ0v) is 11.6. The number of carboxylic acid groups (broad SMARTS) is 1. The lowest BCUT2D eigenvalue weighted by Gasteiger charge is -2.15. The van der Waals surface area contributed by atoms with Crippen molar-refractivity contribution in [1.82, 2.24) is 5.32 Å². The van der Waals surface area contributed by atoms with Gasteiger partial charge in [-0.05, 0) is 25.0 Å². The Kier molecular flexibility index (Phi) is 4.29. The first kappa shape index (κ1) is 14.4. The number of benzene rings is 1. The maximum absolute atomic E-state index is 11.9. The van der Waals surface area contributed by atoms with Gasteiger partial charge >= 0.3 is 12.0 Å². The largest absolute Gasteiger partial charge is 0.481 e. The predicted octanol–water partition coefficient (Wildman–Crippen LogP) is 2.80. The molecular formula is C14H15ClN2O3. The van der Waals surface area contributed by atoms with E-state index < -0.39 is 17.9 Å². The normalized spacial score (nSPS) is 20.7. The number of nitrogens with one attached hydrogen (secondary N) is 2. The molecule has 20 heavy (non-hydrogen) atoms. The minimum atomic E-state index is -0.882. The van der Waals surface area contributed by atoms with Crippen molar-refractivity contribution in [2.75, 3.05) is 5.32 Å². The molecule has 0 bridgehead atoms. The quantitative estimate of drug-likeness (QED) is 0.750. The summed E-state index contributed by atoms with van der Waals surface area (Å²) in [4.78, 5) is 22.7. The molecule has 2 amide bonds. The molecule has 1 aliphatic rings. The minimum absolute atomic E-state index is 0.279. The van der Waals surface area contributed by atoms with Crippen molar-refractivity contribution in [2.45, 2.75) is 19.4 Å². The summed E-state index contributed by atoms with van der Waals surface area (Å²) in [5, 5.41) is 14.7. The van der Waals surface area contributed by atoms with Crippen molar-refractivity contribution in [1.29, 1.82) is 0 Å². The number of halogens is 1. The second-order valence-corrected chi connectivity index (χ2v) is 5.11. The van der Waals surface area contributed by atoms with Crippen LogP contribution in [0.15, 0.2) is 30.4 Å². The van der Waals surface area contributed by atoms with Gasteiger partial charge in [0.2, 0.25) is 0 Å². The number of urea groups is 1. The minimum Gasteiger partial charge on any atom is -0.481 e. The van der Waals surface area contributed by atoms with Gasteiger partial charge in [-0.25, -0.2) is 4.79 Å². The van der Waals surface area contributed by atoms with Gasteiger partial charge in [0.25, 0.3) is 0 Å². The smallest absolute Gasteiger partial charge is 0.319 e. The highest BCUT2D eigenvalue weighted by Crippen LogP contribution is 2.25. The van der Waals surface area contributed by atoms with Gasteiger partial charge in [-0.1, -0.05) is 35.9 Å². The fourth-order valence-corrected chi connectivity index (χ4v) is 2.37. The molecule has 0 aromatic heterocycles. The van der Waals surface area contributed by atoms with E-state index in [2.05, 4.69) is 10.6 Å². The number of hydrogen-bond acceptors (Lipinski definition) is 2. The van der Waals surface area contributed by atoms with E-state index in [1.165, 1.54) is 0 Å². The van der Waals surface area contributed by atoms with E-state index in [-0.39, 0.29) is 6.04 Å². The summed E-state index contributed by atoms with van der Waals surface area (Å²) in [7, 11) is 0. The molecule has 3 N–H and O–H groups in total. The van der Waals surface area contributed by atoms with E-state index in [1.54, 1.807) is 24.3 Å². The molecule has 2 rings (SSSR count). The summed E-state index contributed by atoms with van der Waals surface area (Å²) in [6.45, 7) is 1.84. The van der Waals surface area contributed by atoms with Crippen LogP contribution in [0.4, 0.5) is 10.5 Å². The second kappa shape index (κ2) is 5.96. The standard InChI is InChI=1S/C14H15ClN2O3/c1-8-3-2-4-11(15)12(8)17-14(20)16-10-6-5-9(7-10)13(18)19/h2-6,9-10H,7H2,1H3,(H,18,19)(H2,16,17,20). The Bertz CT molecular complexity index is 551. The van der Waals surface area contributed by atoms with Crippen molar-refractivity contribution >= 4 is 29.3 Å². The van der Waals surface area contributed by atoms with Crippen molar-refractivity contribution in [3.63, 3.8) is 0 Å². The summed E-state index contributed by atoms with van der Waals surface area (Å²) in [5.41, 5.74) is 1.42. The van der Waals surface area contributed by atoms with Gasteiger partial charge in [0.15, 0.2) is 0 Å². The van der Waals surface area contributed by atoms with Crippen LogP contribution in [-0.2, 0) is 4.79 Å². The zero-order chi connectivity index (χ0) is 14.7. The van der Waals surface area contributed by atoms with Crippen molar-refractivity contribution in [3.05, 3.63) is 40.9 Å². The maximum atomic E-state index is 11.9. The Balaban J connectivity index is 1.94. The van der Waals surface area contributed by atoms with Crippen molar-refractivity contribution in [3.8, 4) is 0 Å². The highest BCUT2D eigenvalue weighted by atomic mass is 35.5. The first-order valence-corrected chi connectivity index (χ1v) is 6.59. The summed E-state index contributed by atoms with van der Waals surface area (Å²) in [6, 6.07) is 4.66. The highest BCUT2D eigenvalue weighted by Gasteiger charge is 2.25. The molecule has 0 radical (unpaired) electrons. The Labute approximate surface area is 121 Å². The van der Waals surface area contributed by atoms with E-state index in [4.69, 9.17) is 16.7 Å². The zero-order valence-electron chi connectivity index (χ0n) is 10.9. The second-order valence-electron chi connectivity index (χ2n) is 4.70. The third kappa shape index (κ3) is 3.30. The van der Waals surface area contributed by atoms with Gasteiger partial charge in [0.05, 0.1) is 22.7 Å². The maximum Gasteiger partial charge on any atom is 0.319 e. The first-order chi connectivity index (χ1) is 9.47. The fraction of sp³-hybridized carbons (Fsp3) is 0.286. The molecule has 1 aromatic carbocycles. The SMILES string of the molecule is Cc1cccc(Cl)c1NC(=O)NC1C=CC(C(=O)O)C1. The highest BCUT2D eigenvalue weighted by molar-refractivity contribution is 6.33. The Morgan fingerprint density at radius 1 is 1.35 bits per heavy atom. The number of rotatable bonds is 3. The number of para-hydroxylation sites is 1. The van der Waals surface area contributed by atoms with Gasteiger partial charge in [0, 0.05) is 0 Å². The van der Waals surface area contributed by atoms with Crippen LogP contribution >= 0.6 is 11.6 Å². The lowest BCUT2D eigenvalue weighted by atomic mass is 10.1. The molecule has 0 spiro atoms. The Morgan fingerprint density at radius 2 is 2.10 bits per heavy atom. The molecule has 0 fully saturated rings. The van der Waals surface area contributed by atoms with Crippen LogP contribution in [0.1, 0.15) is 12.0 Å². The summed E-state index contributed by atoms with van der Waals surface area (Å²) >= 11 is 6.02. The Morgan fingerprint density at radius 3 is 2.70 bits per heavy atom. The molecule has 6 heteroatoms. The molecule has 2 unspecified atom stereocenters. The van der Waals surface area contributed by atoms with Crippen LogP contribution in [0.2, 0.25) is 5.02 Å². The molecule has 0 heterocycles. The van der Waals surface area contributed by atoms with Gasteiger partial charge in [-0.15, -0.1) is 0 Å². The van der Waals surface area contributed by atoms with Gasteiger partial charge in [0.1, 0.15) is 0 Å². The average molecular weight is 295 g/mol. The average Bonchev–Trinajstić information content (AvgIpc) is 2.82. The third-order valence-corrected chi connectivity index (χ3v) is 3.49. The molecule has 0 saturated heterocycles.